The molecule has 1 fully saturated rings. The molecule has 2 aromatic rings. The molecule has 5 nitrogen and oxygen atoms in total. The average molecular weight is 344 g/mol. The summed E-state index contributed by atoms with van der Waals surface area (Å²) >= 11 is 1.68. The van der Waals surface area contributed by atoms with Crippen molar-refractivity contribution in [3.8, 4) is 11.3 Å². The van der Waals surface area contributed by atoms with E-state index >= 15 is 0 Å². The Bertz CT molecular complexity index is 726. The highest BCUT2D eigenvalue weighted by Crippen LogP contribution is 2.28. The van der Waals surface area contributed by atoms with E-state index in [2.05, 4.69) is 4.98 Å². The minimum atomic E-state index is -0.979. The van der Waals surface area contributed by atoms with E-state index in [4.69, 9.17) is 0 Å². The molecule has 0 bridgehead atoms. The zero-order chi connectivity index (χ0) is 17.1. The number of aliphatic hydroxyl groups is 1. The summed E-state index contributed by atoms with van der Waals surface area (Å²) in [5.41, 5.74) is 1.92. The summed E-state index contributed by atoms with van der Waals surface area (Å²) in [5.74, 6) is -0.492. The van der Waals surface area contributed by atoms with Gasteiger partial charge in [0.15, 0.2) is 0 Å². The molecule has 0 unspecified atom stereocenters. The van der Waals surface area contributed by atoms with Gasteiger partial charge in [-0.1, -0.05) is 12.1 Å². The van der Waals surface area contributed by atoms with Crippen molar-refractivity contribution in [2.24, 2.45) is 0 Å². The number of thioether (sulfide) groups is 1. The number of aromatic nitrogens is 1. The van der Waals surface area contributed by atoms with Crippen molar-refractivity contribution >= 4 is 23.5 Å². The van der Waals surface area contributed by atoms with Gasteiger partial charge in [0, 0.05) is 23.5 Å². The van der Waals surface area contributed by atoms with E-state index in [1.165, 1.54) is 4.90 Å². The quantitative estimate of drug-likeness (QED) is 0.830. The molecular weight excluding hydrogens is 324 g/mol. The third kappa shape index (κ3) is 3.55. The van der Waals surface area contributed by atoms with E-state index < -0.39 is 5.97 Å². The molecule has 1 aromatic carbocycles. The molecule has 1 aliphatic rings. The molecule has 2 heterocycles. The lowest BCUT2D eigenvalue weighted by Crippen LogP contribution is -2.37. The number of piperidine rings is 1. The van der Waals surface area contributed by atoms with Gasteiger partial charge in [0.25, 0.3) is 0 Å². The molecule has 6 heteroatoms. The van der Waals surface area contributed by atoms with Gasteiger partial charge in [-0.05, 0) is 43.4 Å². The predicted molar refractivity (Wildman–Crippen MR) is 95.9 cm³/mol. The molecule has 1 saturated heterocycles. The number of carboxylic acids is 1. The van der Waals surface area contributed by atoms with Crippen LogP contribution in [0.15, 0.2) is 41.3 Å². The fourth-order valence-corrected chi connectivity index (χ4v) is 3.26. The molecule has 0 aliphatic carbocycles. The van der Waals surface area contributed by atoms with E-state index in [-0.39, 0.29) is 11.7 Å². The van der Waals surface area contributed by atoms with E-state index in [0.29, 0.717) is 31.7 Å². The van der Waals surface area contributed by atoms with Crippen molar-refractivity contribution in [2.75, 3.05) is 24.2 Å². The second kappa shape index (κ2) is 7.23. The summed E-state index contributed by atoms with van der Waals surface area (Å²) in [6.07, 6.45) is 2.98. The van der Waals surface area contributed by atoms with Crippen LogP contribution in [0, 0.1) is 0 Å². The van der Waals surface area contributed by atoms with Crippen LogP contribution in [-0.2, 0) is 0 Å². The smallest absolute Gasteiger partial charge is 0.339 e. The van der Waals surface area contributed by atoms with Crippen molar-refractivity contribution in [3.05, 3.63) is 42.0 Å². The van der Waals surface area contributed by atoms with Crippen molar-refractivity contribution in [3.63, 3.8) is 0 Å². The lowest BCUT2D eigenvalue weighted by Gasteiger charge is -2.31. The van der Waals surface area contributed by atoms with Crippen LogP contribution in [0.5, 0.6) is 0 Å². The van der Waals surface area contributed by atoms with Crippen LogP contribution in [0.2, 0.25) is 0 Å². The normalized spacial score (nSPS) is 15.5. The summed E-state index contributed by atoms with van der Waals surface area (Å²) < 4.78 is 0. The zero-order valence-electron chi connectivity index (χ0n) is 13.5. The zero-order valence-corrected chi connectivity index (χ0v) is 14.3. The SMILES string of the molecule is CSc1ccc(-c2ccc(C(=O)O)c(N3CCC(O)CC3)n2)cc1. The Labute approximate surface area is 145 Å². The van der Waals surface area contributed by atoms with Gasteiger partial charge in [-0.3, -0.25) is 0 Å². The molecule has 2 N–H and O–H groups in total. The molecule has 3 rings (SSSR count). The maximum Gasteiger partial charge on any atom is 0.339 e. The Kier molecular flexibility index (Phi) is 5.06. The molecule has 1 aliphatic heterocycles. The van der Waals surface area contributed by atoms with Gasteiger partial charge in [-0.2, -0.15) is 0 Å². The van der Waals surface area contributed by atoms with Gasteiger partial charge in [0.1, 0.15) is 11.4 Å². The number of hydrogen-bond donors (Lipinski definition) is 2. The third-order valence-corrected chi connectivity index (χ3v) is 5.00. The van der Waals surface area contributed by atoms with Gasteiger partial charge >= 0.3 is 5.97 Å². The molecule has 24 heavy (non-hydrogen) atoms. The monoisotopic (exact) mass is 344 g/mol. The largest absolute Gasteiger partial charge is 0.478 e. The number of rotatable bonds is 4. The van der Waals surface area contributed by atoms with Crippen LogP contribution in [0.1, 0.15) is 23.2 Å². The molecule has 0 radical (unpaired) electrons. The molecule has 1 aromatic heterocycles. The van der Waals surface area contributed by atoms with Crippen LogP contribution >= 0.6 is 11.8 Å². The molecule has 0 spiro atoms. The number of benzene rings is 1. The highest BCUT2D eigenvalue weighted by molar-refractivity contribution is 7.98. The van der Waals surface area contributed by atoms with Gasteiger partial charge in [0.05, 0.1) is 11.8 Å². The van der Waals surface area contributed by atoms with Crippen LogP contribution in [0.3, 0.4) is 0 Å². The Morgan fingerprint density at radius 3 is 2.42 bits per heavy atom. The van der Waals surface area contributed by atoms with Crippen LogP contribution in [0.4, 0.5) is 5.82 Å². The average Bonchev–Trinajstić information content (AvgIpc) is 2.62. The second-order valence-corrected chi connectivity index (χ2v) is 6.70. The predicted octanol–water partition coefficient (Wildman–Crippen LogP) is 3.13. The number of aromatic carboxylic acids is 1. The van der Waals surface area contributed by atoms with Crippen LogP contribution in [0.25, 0.3) is 11.3 Å². The van der Waals surface area contributed by atoms with E-state index in [1.54, 1.807) is 23.9 Å². The first-order valence-electron chi connectivity index (χ1n) is 7.90. The highest BCUT2D eigenvalue weighted by Gasteiger charge is 2.23. The number of anilines is 1. The van der Waals surface area contributed by atoms with E-state index in [0.717, 1.165) is 11.3 Å². The minimum Gasteiger partial charge on any atom is -0.478 e. The topological polar surface area (TPSA) is 73.7 Å². The Morgan fingerprint density at radius 1 is 1.17 bits per heavy atom. The van der Waals surface area contributed by atoms with Gasteiger partial charge in [-0.15, -0.1) is 11.8 Å². The second-order valence-electron chi connectivity index (χ2n) is 5.82. The number of carboxylic acid groups (broad SMARTS) is 1. The van der Waals surface area contributed by atoms with Crippen LogP contribution < -0.4 is 4.90 Å². The third-order valence-electron chi connectivity index (χ3n) is 4.26. The number of pyridine rings is 1. The van der Waals surface area contributed by atoms with Crippen molar-refractivity contribution in [1.29, 1.82) is 0 Å². The number of hydrogen-bond acceptors (Lipinski definition) is 5. The number of carbonyl (C=O) groups is 1. The Morgan fingerprint density at radius 2 is 1.83 bits per heavy atom. The van der Waals surface area contributed by atoms with Gasteiger partial charge < -0.3 is 15.1 Å². The van der Waals surface area contributed by atoms with Crippen molar-refractivity contribution in [1.82, 2.24) is 4.98 Å². The molecule has 0 saturated carbocycles. The standard InChI is InChI=1S/C18H20N2O3S/c1-24-14-4-2-12(3-5-14)16-7-6-15(18(22)23)17(19-16)20-10-8-13(21)9-11-20/h2-7,13,21H,8-11H2,1H3,(H,22,23). The summed E-state index contributed by atoms with van der Waals surface area (Å²) in [4.78, 5) is 19.3. The lowest BCUT2D eigenvalue weighted by atomic mass is 10.1. The number of nitrogens with zero attached hydrogens (tertiary/aromatic N) is 2. The first-order valence-corrected chi connectivity index (χ1v) is 9.12. The minimum absolute atomic E-state index is 0.205. The summed E-state index contributed by atoms with van der Waals surface area (Å²) in [7, 11) is 0. The van der Waals surface area contributed by atoms with Crippen molar-refractivity contribution < 1.29 is 15.0 Å². The highest BCUT2D eigenvalue weighted by atomic mass is 32.2. The van der Waals surface area contributed by atoms with Crippen molar-refractivity contribution in [2.45, 2.75) is 23.8 Å². The van der Waals surface area contributed by atoms with E-state index in [9.17, 15) is 15.0 Å². The maximum atomic E-state index is 11.5. The molecule has 126 valence electrons. The Hall–Kier alpha value is -2.05. The fourth-order valence-electron chi connectivity index (χ4n) is 2.86. The summed E-state index contributed by atoms with van der Waals surface area (Å²) in [5, 5.41) is 19.1. The maximum absolute atomic E-state index is 11.5. The first-order chi connectivity index (χ1) is 11.6. The van der Waals surface area contributed by atoms with Gasteiger partial charge in [0.2, 0.25) is 0 Å². The number of aliphatic hydroxyl groups excluding tert-OH is 1. The molecule has 0 atom stereocenters. The molecular formula is C18H20N2O3S. The lowest BCUT2D eigenvalue weighted by molar-refractivity contribution is 0.0697. The van der Waals surface area contributed by atoms with Gasteiger partial charge in [-0.25, -0.2) is 9.78 Å². The molecule has 0 amide bonds. The Balaban J connectivity index is 1.97. The van der Waals surface area contributed by atoms with E-state index in [1.807, 2.05) is 35.4 Å². The fraction of sp³-hybridized carbons (Fsp3) is 0.333. The first kappa shape index (κ1) is 16.8. The summed E-state index contributed by atoms with van der Waals surface area (Å²) in [6, 6.07) is 11.4. The van der Waals surface area contributed by atoms with Crippen LogP contribution in [-0.4, -0.2) is 46.6 Å². The summed E-state index contributed by atoms with van der Waals surface area (Å²) in [6.45, 7) is 1.23.